The lowest BCUT2D eigenvalue weighted by Gasteiger charge is -2.01. The van der Waals surface area contributed by atoms with Gasteiger partial charge in [0.05, 0.1) is 12.8 Å². The molecule has 4 nitrogen and oxygen atoms in total. The predicted molar refractivity (Wildman–Crippen MR) is 65.1 cm³/mol. The summed E-state index contributed by atoms with van der Waals surface area (Å²) in [5, 5.41) is 3.04. The van der Waals surface area contributed by atoms with Crippen molar-refractivity contribution in [2.75, 3.05) is 14.2 Å². The van der Waals surface area contributed by atoms with E-state index in [2.05, 4.69) is 10.3 Å². The number of benzene rings is 1. The first-order chi connectivity index (χ1) is 8.31. The molecule has 0 saturated carbocycles. The molecule has 0 saturated heterocycles. The summed E-state index contributed by atoms with van der Waals surface area (Å²) in [5.74, 6) is 1.58. The first-order valence-corrected chi connectivity index (χ1v) is 5.52. The zero-order valence-corrected chi connectivity index (χ0v) is 10.1. The van der Waals surface area contributed by atoms with Gasteiger partial charge in [0.1, 0.15) is 12.0 Å². The molecule has 1 aromatic heterocycles. The van der Waals surface area contributed by atoms with Crippen molar-refractivity contribution in [1.82, 2.24) is 10.3 Å². The molecule has 0 aliphatic rings. The number of ether oxygens (including phenoxy) is 1. The first-order valence-electron chi connectivity index (χ1n) is 5.52. The minimum atomic E-state index is 0.681. The van der Waals surface area contributed by atoms with Crippen LogP contribution in [0.1, 0.15) is 17.1 Å². The molecule has 0 aliphatic heterocycles. The highest BCUT2D eigenvalue weighted by atomic mass is 16.5. The molecule has 0 spiro atoms. The molecule has 1 N–H and O–H groups in total. The second kappa shape index (κ2) is 5.50. The second-order valence-corrected chi connectivity index (χ2v) is 3.79. The normalized spacial score (nSPS) is 10.5. The zero-order valence-electron chi connectivity index (χ0n) is 10.1. The summed E-state index contributed by atoms with van der Waals surface area (Å²) in [4.78, 5) is 4.38. The van der Waals surface area contributed by atoms with Crippen molar-refractivity contribution < 1.29 is 9.15 Å². The van der Waals surface area contributed by atoms with E-state index < -0.39 is 0 Å². The number of methoxy groups -OCH3 is 1. The van der Waals surface area contributed by atoms with E-state index in [1.165, 1.54) is 0 Å². The van der Waals surface area contributed by atoms with Crippen LogP contribution in [0, 0.1) is 0 Å². The van der Waals surface area contributed by atoms with Crippen LogP contribution in [0.2, 0.25) is 0 Å². The number of nitrogens with one attached hydrogen (secondary N) is 1. The van der Waals surface area contributed by atoms with Crippen molar-refractivity contribution >= 4 is 0 Å². The van der Waals surface area contributed by atoms with Gasteiger partial charge in [-0.2, -0.15) is 0 Å². The maximum atomic E-state index is 5.40. The largest absolute Gasteiger partial charge is 0.497 e. The minimum absolute atomic E-state index is 0.681. The van der Waals surface area contributed by atoms with Gasteiger partial charge >= 0.3 is 0 Å². The average Bonchev–Trinajstić information content (AvgIpc) is 2.77. The number of rotatable bonds is 5. The number of aromatic nitrogens is 1. The molecule has 4 heteroatoms. The van der Waals surface area contributed by atoms with Crippen molar-refractivity contribution in [2.45, 2.75) is 13.0 Å². The zero-order chi connectivity index (χ0) is 12.1. The molecule has 1 heterocycles. The molecular weight excluding hydrogens is 216 g/mol. The lowest BCUT2D eigenvalue weighted by atomic mass is 10.1. The van der Waals surface area contributed by atoms with Gasteiger partial charge < -0.3 is 14.5 Å². The third kappa shape index (κ3) is 3.07. The second-order valence-electron chi connectivity index (χ2n) is 3.79. The van der Waals surface area contributed by atoms with E-state index in [0.717, 1.165) is 29.4 Å². The molecule has 0 aliphatic carbocycles. The highest BCUT2D eigenvalue weighted by Gasteiger charge is 2.05. The Balaban J connectivity index is 2.08. The van der Waals surface area contributed by atoms with Crippen molar-refractivity contribution in [3.8, 4) is 5.75 Å². The Morgan fingerprint density at radius 1 is 1.41 bits per heavy atom. The Morgan fingerprint density at radius 3 is 3.06 bits per heavy atom. The Kier molecular flexibility index (Phi) is 3.77. The van der Waals surface area contributed by atoms with Crippen molar-refractivity contribution in [3.05, 3.63) is 47.7 Å². The molecule has 2 aromatic rings. The van der Waals surface area contributed by atoms with Crippen LogP contribution in [0.15, 0.2) is 34.9 Å². The van der Waals surface area contributed by atoms with Crippen LogP contribution in [0.5, 0.6) is 5.75 Å². The summed E-state index contributed by atoms with van der Waals surface area (Å²) in [5.41, 5.74) is 2.05. The number of hydrogen-bond donors (Lipinski definition) is 1. The Hall–Kier alpha value is -1.81. The van der Waals surface area contributed by atoms with Gasteiger partial charge in [0.2, 0.25) is 0 Å². The van der Waals surface area contributed by atoms with Crippen LogP contribution < -0.4 is 10.1 Å². The minimum Gasteiger partial charge on any atom is -0.497 e. The Labute approximate surface area is 101 Å². The van der Waals surface area contributed by atoms with Crippen molar-refractivity contribution in [3.63, 3.8) is 0 Å². The van der Waals surface area contributed by atoms with Crippen LogP contribution >= 0.6 is 0 Å². The van der Waals surface area contributed by atoms with E-state index >= 15 is 0 Å². The Morgan fingerprint density at radius 2 is 2.29 bits per heavy atom. The summed E-state index contributed by atoms with van der Waals surface area (Å²) >= 11 is 0. The van der Waals surface area contributed by atoms with Gasteiger partial charge in [-0.25, -0.2) is 4.98 Å². The fourth-order valence-electron chi connectivity index (χ4n) is 1.65. The molecule has 0 unspecified atom stereocenters. The maximum Gasteiger partial charge on any atom is 0.198 e. The van der Waals surface area contributed by atoms with Crippen LogP contribution in [0.25, 0.3) is 0 Å². The van der Waals surface area contributed by atoms with E-state index in [4.69, 9.17) is 9.15 Å². The summed E-state index contributed by atoms with van der Waals surface area (Å²) in [6.45, 7) is 0.724. The number of oxazole rings is 1. The van der Waals surface area contributed by atoms with Gasteiger partial charge in [-0.15, -0.1) is 0 Å². The van der Waals surface area contributed by atoms with Gasteiger partial charge in [0.25, 0.3) is 0 Å². The van der Waals surface area contributed by atoms with Gasteiger partial charge in [-0.05, 0) is 24.7 Å². The molecule has 0 atom stereocenters. The molecular formula is C13H16N2O2. The third-order valence-corrected chi connectivity index (χ3v) is 2.45. The predicted octanol–water partition coefficient (Wildman–Crippen LogP) is 1.99. The van der Waals surface area contributed by atoms with Crippen LogP contribution in [-0.4, -0.2) is 19.1 Å². The monoisotopic (exact) mass is 232 g/mol. The highest BCUT2D eigenvalue weighted by Crippen LogP contribution is 2.15. The molecule has 0 amide bonds. The van der Waals surface area contributed by atoms with Gasteiger partial charge in [0, 0.05) is 13.0 Å². The molecule has 90 valence electrons. The molecule has 0 fully saturated rings. The number of nitrogens with zero attached hydrogens (tertiary/aromatic N) is 1. The SMILES string of the molecule is CNCc1coc(Cc2cccc(OC)c2)n1. The van der Waals surface area contributed by atoms with Crippen LogP contribution in [-0.2, 0) is 13.0 Å². The first kappa shape index (κ1) is 11.7. The standard InChI is InChI=1S/C13H16N2O2/c1-14-8-11-9-17-13(15-11)7-10-4-3-5-12(6-10)16-2/h3-6,9,14H,7-8H2,1-2H3. The highest BCUT2D eigenvalue weighted by molar-refractivity contribution is 5.29. The lowest BCUT2D eigenvalue weighted by molar-refractivity contribution is 0.414. The summed E-state index contributed by atoms with van der Waals surface area (Å²) in [6, 6.07) is 7.91. The van der Waals surface area contributed by atoms with Crippen LogP contribution in [0.4, 0.5) is 0 Å². The van der Waals surface area contributed by atoms with E-state index in [9.17, 15) is 0 Å². The quantitative estimate of drug-likeness (QED) is 0.856. The topological polar surface area (TPSA) is 47.3 Å². The van der Waals surface area contributed by atoms with Crippen LogP contribution in [0.3, 0.4) is 0 Å². The summed E-state index contributed by atoms with van der Waals surface area (Å²) in [6.07, 6.45) is 2.37. The van der Waals surface area contributed by atoms with Gasteiger partial charge in [0.15, 0.2) is 5.89 Å². The third-order valence-electron chi connectivity index (χ3n) is 2.45. The molecule has 0 bridgehead atoms. The summed E-state index contributed by atoms with van der Waals surface area (Å²) in [7, 11) is 3.55. The molecule has 1 aromatic carbocycles. The summed E-state index contributed by atoms with van der Waals surface area (Å²) < 4.78 is 10.6. The number of hydrogen-bond acceptors (Lipinski definition) is 4. The van der Waals surface area contributed by atoms with Crippen molar-refractivity contribution in [1.29, 1.82) is 0 Å². The molecule has 2 rings (SSSR count). The lowest BCUT2D eigenvalue weighted by Crippen LogP contribution is -2.05. The molecule has 0 radical (unpaired) electrons. The average molecular weight is 232 g/mol. The Bertz CT molecular complexity index is 480. The van der Waals surface area contributed by atoms with E-state index in [1.54, 1.807) is 13.4 Å². The fraction of sp³-hybridized carbons (Fsp3) is 0.308. The maximum absolute atomic E-state index is 5.40. The van der Waals surface area contributed by atoms with E-state index in [1.807, 2.05) is 31.3 Å². The van der Waals surface area contributed by atoms with Gasteiger partial charge in [-0.3, -0.25) is 0 Å². The fourth-order valence-corrected chi connectivity index (χ4v) is 1.65. The van der Waals surface area contributed by atoms with E-state index in [0.29, 0.717) is 6.42 Å². The van der Waals surface area contributed by atoms with Crippen molar-refractivity contribution in [2.24, 2.45) is 0 Å². The smallest absolute Gasteiger partial charge is 0.198 e. The van der Waals surface area contributed by atoms with Gasteiger partial charge in [-0.1, -0.05) is 12.1 Å². The molecule has 17 heavy (non-hydrogen) atoms. The van der Waals surface area contributed by atoms with E-state index in [-0.39, 0.29) is 0 Å².